The van der Waals surface area contributed by atoms with E-state index in [1.165, 1.54) is 11.1 Å². The van der Waals surface area contributed by atoms with Crippen LogP contribution in [-0.4, -0.2) is 11.1 Å². The topological polar surface area (TPSA) is 37.3 Å². The van der Waals surface area contributed by atoms with Gasteiger partial charge < -0.3 is 5.11 Å². The predicted molar refractivity (Wildman–Crippen MR) is 59.0 cm³/mol. The van der Waals surface area contributed by atoms with E-state index >= 15 is 0 Å². The van der Waals surface area contributed by atoms with E-state index in [0.717, 1.165) is 6.42 Å². The summed E-state index contributed by atoms with van der Waals surface area (Å²) in [6, 6.07) is 8.36. The number of carboxylic acid groups (broad SMARTS) is 1. The van der Waals surface area contributed by atoms with Gasteiger partial charge in [-0.25, -0.2) is 0 Å². The molecule has 15 heavy (non-hydrogen) atoms. The van der Waals surface area contributed by atoms with Crippen LogP contribution in [0.3, 0.4) is 0 Å². The number of hydrogen-bond donors (Lipinski definition) is 1. The number of hydrogen-bond acceptors (Lipinski definition) is 1. The molecule has 80 valence electrons. The van der Waals surface area contributed by atoms with Crippen molar-refractivity contribution < 1.29 is 9.90 Å². The quantitative estimate of drug-likeness (QED) is 0.821. The van der Waals surface area contributed by atoms with Gasteiger partial charge in [-0.3, -0.25) is 4.79 Å². The van der Waals surface area contributed by atoms with Gasteiger partial charge in [-0.15, -0.1) is 0 Å². The lowest BCUT2D eigenvalue weighted by Gasteiger charge is -2.06. The molecule has 1 aromatic carbocycles. The first-order valence-corrected chi connectivity index (χ1v) is 5.42. The highest BCUT2D eigenvalue weighted by atomic mass is 16.4. The maximum atomic E-state index is 10.7. The van der Waals surface area contributed by atoms with E-state index in [1.807, 2.05) is 0 Å². The lowest BCUT2D eigenvalue weighted by Crippen LogP contribution is -1.99. The van der Waals surface area contributed by atoms with Crippen molar-refractivity contribution in [2.45, 2.75) is 32.1 Å². The normalized spacial score (nSPS) is 24.2. The second kappa shape index (κ2) is 3.69. The molecule has 0 aliphatic heterocycles. The Labute approximate surface area is 89.9 Å². The molecule has 0 aromatic heterocycles. The Morgan fingerprint density at radius 2 is 1.93 bits per heavy atom. The summed E-state index contributed by atoms with van der Waals surface area (Å²) in [4.78, 5) is 10.7. The summed E-state index contributed by atoms with van der Waals surface area (Å²) in [5.74, 6) is -0.0138. The molecular weight excluding hydrogens is 188 g/mol. The molecule has 1 aliphatic rings. The van der Waals surface area contributed by atoms with Gasteiger partial charge in [-0.1, -0.05) is 38.1 Å². The second-order valence-corrected chi connectivity index (χ2v) is 4.61. The molecule has 1 aliphatic carbocycles. The Kier molecular flexibility index (Phi) is 2.51. The van der Waals surface area contributed by atoms with Crippen molar-refractivity contribution in [2.75, 3.05) is 0 Å². The molecule has 2 rings (SSSR count). The van der Waals surface area contributed by atoms with Crippen molar-refractivity contribution in [1.82, 2.24) is 0 Å². The highest BCUT2D eigenvalue weighted by Gasteiger charge is 2.43. The van der Waals surface area contributed by atoms with Crippen LogP contribution in [0.5, 0.6) is 0 Å². The van der Waals surface area contributed by atoms with Crippen LogP contribution in [0, 0.1) is 5.92 Å². The van der Waals surface area contributed by atoms with Gasteiger partial charge in [0, 0.05) is 0 Å². The average Bonchev–Trinajstić information content (AvgIpc) is 2.97. The van der Waals surface area contributed by atoms with Crippen LogP contribution >= 0.6 is 0 Å². The van der Waals surface area contributed by atoms with Crippen molar-refractivity contribution in [2.24, 2.45) is 5.92 Å². The fraction of sp³-hybridized carbons (Fsp3) is 0.462. The van der Waals surface area contributed by atoms with Gasteiger partial charge in [0.25, 0.3) is 0 Å². The lowest BCUT2D eigenvalue weighted by molar-refractivity contribution is -0.138. The smallest absolute Gasteiger partial charge is 0.307 e. The van der Waals surface area contributed by atoms with E-state index < -0.39 is 5.97 Å². The maximum Gasteiger partial charge on any atom is 0.307 e. The van der Waals surface area contributed by atoms with Crippen molar-refractivity contribution in [3.8, 4) is 0 Å². The number of carboxylic acids is 1. The summed E-state index contributed by atoms with van der Waals surface area (Å²) in [6.45, 7) is 4.32. The first kappa shape index (κ1) is 10.2. The summed E-state index contributed by atoms with van der Waals surface area (Å²) in [7, 11) is 0. The molecule has 0 bridgehead atoms. The summed E-state index contributed by atoms with van der Waals surface area (Å²) in [6.07, 6.45) is 0.802. The summed E-state index contributed by atoms with van der Waals surface area (Å²) < 4.78 is 0. The van der Waals surface area contributed by atoms with E-state index in [1.54, 1.807) is 0 Å². The van der Waals surface area contributed by atoms with Gasteiger partial charge in [0.2, 0.25) is 0 Å². The molecule has 1 aromatic rings. The Hall–Kier alpha value is -1.31. The largest absolute Gasteiger partial charge is 0.481 e. The molecule has 0 radical (unpaired) electrons. The highest BCUT2D eigenvalue weighted by molar-refractivity contribution is 5.75. The van der Waals surface area contributed by atoms with E-state index in [2.05, 4.69) is 38.1 Å². The summed E-state index contributed by atoms with van der Waals surface area (Å²) in [5.41, 5.74) is 2.48. The van der Waals surface area contributed by atoms with Gasteiger partial charge in [-0.2, -0.15) is 0 Å². The zero-order valence-corrected chi connectivity index (χ0v) is 9.10. The van der Waals surface area contributed by atoms with Gasteiger partial charge in [0.05, 0.1) is 5.92 Å². The van der Waals surface area contributed by atoms with Crippen LogP contribution in [0.1, 0.15) is 43.2 Å². The van der Waals surface area contributed by atoms with Gasteiger partial charge in [0.15, 0.2) is 0 Å². The molecule has 2 atom stereocenters. The number of benzene rings is 1. The van der Waals surface area contributed by atoms with Gasteiger partial charge in [0.1, 0.15) is 0 Å². The maximum absolute atomic E-state index is 10.7. The zero-order valence-electron chi connectivity index (χ0n) is 9.10. The molecule has 2 nitrogen and oxygen atoms in total. The second-order valence-electron chi connectivity index (χ2n) is 4.61. The van der Waals surface area contributed by atoms with Crippen LogP contribution in [-0.2, 0) is 4.79 Å². The molecule has 1 saturated carbocycles. The molecule has 0 unspecified atom stereocenters. The molecule has 0 heterocycles. The van der Waals surface area contributed by atoms with Crippen LogP contribution in [0.2, 0.25) is 0 Å². The Bertz CT molecular complexity index is 365. The minimum absolute atomic E-state index is 0.144. The minimum Gasteiger partial charge on any atom is -0.481 e. The minimum atomic E-state index is -0.659. The molecule has 1 fully saturated rings. The fourth-order valence-electron chi connectivity index (χ4n) is 1.96. The van der Waals surface area contributed by atoms with Crippen LogP contribution in [0.15, 0.2) is 24.3 Å². The third-order valence-electron chi connectivity index (χ3n) is 3.14. The Balaban J connectivity index is 2.09. The van der Waals surface area contributed by atoms with Crippen LogP contribution in [0.4, 0.5) is 0 Å². The molecule has 2 heteroatoms. The van der Waals surface area contributed by atoms with Crippen molar-refractivity contribution in [1.29, 1.82) is 0 Å². The zero-order chi connectivity index (χ0) is 11.0. The molecule has 1 N–H and O–H groups in total. The Morgan fingerprint density at radius 3 is 2.33 bits per heavy atom. The first-order chi connectivity index (χ1) is 7.09. The summed E-state index contributed by atoms with van der Waals surface area (Å²) in [5, 5.41) is 8.83. The van der Waals surface area contributed by atoms with Crippen LogP contribution < -0.4 is 0 Å². The van der Waals surface area contributed by atoms with Gasteiger partial charge in [-0.05, 0) is 29.4 Å². The summed E-state index contributed by atoms with van der Waals surface area (Å²) >= 11 is 0. The van der Waals surface area contributed by atoms with Crippen molar-refractivity contribution >= 4 is 5.97 Å². The molecule has 0 saturated heterocycles. The third-order valence-corrected chi connectivity index (χ3v) is 3.14. The molecular formula is C13H16O2. The lowest BCUT2D eigenvalue weighted by atomic mass is 10.00. The van der Waals surface area contributed by atoms with E-state index in [4.69, 9.17) is 5.11 Å². The standard InChI is InChI=1S/C13H16O2/c1-8(2)9-3-5-10(6-4-9)11-7-12(11)13(14)15/h3-6,8,11-12H,7H2,1-2H3,(H,14,15)/t11-,12-/m1/s1. The average molecular weight is 204 g/mol. The monoisotopic (exact) mass is 204 g/mol. The van der Waals surface area contributed by atoms with E-state index in [9.17, 15) is 4.79 Å². The fourth-order valence-corrected chi connectivity index (χ4v) is 1.96. The van der Waals surface area contributed by atoms with E-state index in [0.29, 0.717) is 5.92 Å². The number of rotatable bonds is 3. The van der Waals surface area contributed by atoms with Crippen molar-refractivity contribution in [3.05, 3.63) is 35.4 Å². The van der Waals surface area contributed by atoms with Gasteiger partial charge >= 0.3 is 5.97 Å². The molecule has 0 spiro atoms. The predicted octanol–water partition coefficient (Wildman–Crippen LogP) is 3.00. The highest BCUT2D eigenvalue weighted by Crippen LogP contribution is 2.47. The first-order valence-electron chi connectivity index (χ1n) is 5.42. The van der Waals surface area contributed by atoms with Crippen LogP contribution in [0.25, 0.3) is 0 Å². The van der Waals surface area contributed by atoms with Crippen molar-refractivity contribution in [3.63, 3.8) is 0 Å². The molecule has 0 amide bonds. The Morgan fingerprint density at radius 1 is 1.33 bits per heavy atom. The van der Waals surface area contributed by atoms with E-state index in [-0.39, 0.29) is 11.8 Å². The SMILES string of the molecule is CC(C)c1ccc([C@H]2C[C@H]2C(=O)O)cc1. The third kappa shape index (κ3) is 2.04. The number of aliphatic carboxylic acids is 1. The number of carbonyl (C=O) groups is 1.